The Morgan fingerprint density at radius 2 is 1.25 bits per heavy atom. The third-order valence-corrected chi connectivity index (χ3v) is 3.31. The molecule has 0 saturated carbocycles. The predicted octanol–water partition coefficient (Wildman–Crippen LogP) is 13.5. The monoisotopic (exact) mass is 501 g/mol. The van der Waals surface area contributed by atoms with Gasteiger partial charge in [-0.15, -0.1) is 26.3 Å². The molecule has 0 aliphatic rings. The fraction of sp³-hybridized carbons (Fsp3) is 0.500. The Labute approximate surface area is 231 Å². The minimum Gasteiger partial charge on any atom is -0.106 e. The number of rotatable bonds is 10. The zero-order chi connectivity index (χ0) is 30.4. The summed E-state index contributed by atoms with van der Waals surface area (Å²) in [5, 5.41) is 0. The molecule has 0 amide bonds. The van der Waals surface area contributed by atoms with Crippen LogP contribution in [-0.4, -0.2) is 0 Å². The van der Waals surface area contributed by atoms with Crippen LogP contribution in [0.3, 0.4) is 0 Å². The molecule has 0 saturated heterocycles. The van der Waals surface area contributed by atoms with Crippen LogP contribution in [0.2, 0.25) is 0 Å². The molecule has 0 aromatic heterocycles. The van der Waals surface area contributed by atoms with Crippen molar-refractivity contribution in [1.29, 1.82) is 0 Å². The lowest BCUT2D eigenvalue weighted by atomic mass is 10.0. The van der Waals surface area contributed by atoms with Crippen LogP contribution in [0, 0.1) is 11.8 Å². The Bertz CT molecular complexity index is 544. The second-order valence-corrected chi connectivity index (χ2v) is 7.38. The summed E-state index contributed by atoms with van der Waals surface area (Å²) in [7, 11) is 0. The highest BCUT2D eigenvalue weighted by atomic mass is 14.0. The molecule has 1 unspecified atom stereocenters. The van der Waals surface area contributed by atoms with Gasteiger partial charge < -0.3 is 0 Å². The normalized spacial score (nSPS) is 10.5. The van der Waals surface area contributed by atoms with Crippen molar-refractivity contribution in [3.63, 3.8) is 0 Å². The predicted molar refractivity (Wildman–Crippen MR) is 180 cm³/mol. The van der Waals surface area contributed by atoms with E-state index in [9.17, 15) is 0 Å². The van der Waals surface area contributed by atoms with Crippen LogP contribution < -0.4 is 0 Å². The topological polar surface area (TPSA) is 0 Å². The molecule has 0 heteroatoms. The van der Waals surface area contributed by atoms with Crippen LogP contribution in [0.25, 0.3) is 0 Å². The average molecular weight is 501 g/mol. The molecule has 212 valence electrons. The van der Waals surface area contributed by atoms with Crippen LogP contribution >= 0.6 is 0 Å². The minimum absolute atomic E-state index is 0.593. The molecule has 0 fully saturated rings. The zero-order valence-corrected chi connectivity index (χ0v) is 27.2. The first-order chi connectivity index (χ1) is 17.2. The Morgan fingerprint density at radius 3 is 1.56 bits per heavy atom. The number of hydrogen-bond acceptors (Lipinski definition) is 0. The average Bonchev–Trinajstić information content (AvgIpc) is 2.90. The molecule has 0 aromatic carbocycles. The summed E-state index contributed by atoms with van der Waals surface area (Å²) in [5.41, 5.74) is 3.55. The van der Waals surface area contributed by atoms with Crippen LogP contribution in [-0.2, 0) is 0 Å². The van der Waals surface area contributed by atoms with E-state index in [-0.39, 0.29) is 0 Å². The highest BCUT2D eigenvalue weighted by Gasteiger charge is 1.94. The van der Waals surface area contributed by atoms with Crippen molar-refractivity contribution < 1.29 is 0 Å². The Kier molecular flexibility index (Phi) is 75.5. The van der Waals surface area contributed by atoms with E-state index in [0.717, 1.165) is 30.8 Å². The van der Waals surface area contributed by atoms with Crippen molar-refractivity contribution in [2.45, 2.75) is 109 Å². The van der Waals surface area contributed by atoms with Gasteiger partial charge in [0.15, 0.2) is 0 Å². The number of hydrogen-bond donors (Lipinski definition) is 0. The van der Waals surface area contributed by atoms with Gasteiger partial charge in [0.1, 0.15) is 0 Å². The molecule has 36 heavy (non-hydrogen) atoms. The molecule has 1 atom stereocenters. The van der Waals surface area contributed by atoms with Gasteiger partial charge in [-0.3, -0.25) is 0 Å². The molecule has 0 aromatic rings. The van der Waals surface area contributed by atoms with Crippen molar-refractivity contribution >= 4 is 0 Å². The highest BCUT2D eigenvalue weighted by molar-refractivity contribution is 5.39. The van der Waals surface area contributed by atoms with E-state index in [4.69, 9.17) is 0 Å². The van der Waals surface area contributed by atoms with E-state index in [1.165, 1.54) is 11.1 Å². The lowest BCUT2D eigenvalue weighted by molar-refractivity contribution is 0.737. The minimum atomic E-state index is 0.593. The van der Waals surface area contributed by atoms with Gasteiger partial charge in [-0.05, 0) is 56.1 Å². The molecule has 0 spiro atoms. The fourth-order valence-electron chi connectivity index (χ4n) is 1.93. The summed E-state index contributed by atoms with van der Waals surface area (Å²) in [6.07, 6.45) is 21.2. The summed E-state index contributed by atoms with van der Waals surface area (Å²) in [4.78, 5) is 0. The van der Waals surface area contributed by atoms with E-state index in [2.05, 4.69) is 99.2 Å². The molecular weight excluding hydrogens is 432 g/mol. The second-order valence-electron chi connectivity index (χ2n) is 7.38. The highest BCUT2D eigenvalue weighted by Crippen LogP contribution is 2.13. The van der Waals surface area contributed by atoms with Gasteiger partial charge in [-0.1, -0.05) is 150 Å². The third-order valence-electron chi connectivity index (χ3n) is 3.31. The standard InChI is InChI=1S/C14H20.C10H16.C4H10.3C2H6.C2H4/c1-5-8-9-10-12-13(4)14(7-3)11-6-2;1-5-7-10(4)8-9(3)6-2;1-4(2)3;4*1-2/h6-10,12H,2,4-5,11H2,1,3H3;5-6,8,10H,1-2,7H2,3-4H3;4H,1-3H3;3*1-2H3;1-2H2/b9-8-,12-10-,14-7-;9-8-;;;;;. The zero-order valence-electron chi connectivity index (χ0n) is 27.2. The van der Waals surface area contributed by atoms with Crippen molar-refractivity contribution in [2.75, 3.05) is 0 Å². The van der Waals surface area contributed by atoms with Crippen LogP contribution in [0.5, 0.6) is 0 Å². The Balaban J connectivity index is -0.0000000666. The summed E-state index contributed by atoms with van der Waals surface area (Å²) >= 11 is 0. The van der Waals surface area contributed by atoms with Crippen LogP contribution in [0.4, 0.5) is 0 Å². The largest absolute Gasteiger partial charge is 0.106 e. The van der Waals surface area contributed by atoms with Crippen molar-refractivity contribution in [2.24, 2.45) is 11.8 Å². The van der Waals surface area contributed by atoms with Gasteiger partial charge in [0, 0.05) is 0 Å². The molecule has 0 aliphatic carbocycles. The van der Waals surface area contributed by atoms with Crippen LogP contribution in [0.1, 0.15) is 109 Å². The molecule has 0 heterocycles. The summed E-state index contributed by atoms with van der Waals surface area (Å²) in [6, 6.07) is 0. The van der Waals surface area contributed by atoms with Crippen molar-refractivity contribution in [3.8, 4) is 0 Å². The van der Waals surface area contributed by atoms with E-state index in [1.807, 2.05) is 84.9 Å². The van der Waals surface area contributed by atoms with E-state index in [0.29, 0.717) is 5.92 Å². The van der Waals surface area contributed by atoms with Gasteiger partial charge in [0.05, 0.1) is 0 Å². The maximum atomic E-state index is 4.01. The first kappa shape index (κ1) is 50.5. The Morgan fingerprint density at radius 1 is 0.806 bits per heavy atom. The van der Waals surface area contributed by atoms with E-state index >= 15 is 0 Å². The molecule has 0 radical (unpaired) electrons. The number of allylic oxidation sites excluding steroid dienone is 12. The van der Waals surface area contributed by atoms with Crippen LogP contribution in [0.15, 0.2) is 111 Å². The van der Waals surface area contributed by atoms with E-state index < -0.39 is 0 Å². The summed E-state index contributed by atoms with van der Waals surface area (Å²) < 4.78 is 0. The molecule has 0 bridgehead atoms. The van der Waals surface area contributed by atoms with E-state index in [1.54, 1.807) is 0 Å². The van der Waals surface area contributed by atoms with Gasteiger partial charge in [0.25, 0.3) is 0 Å². The SMILES string of the molecule is C=C.C=CC/C(=C/C)C(=C)/C=C\C=C/CC.C=CCC(C)/C=C(/C)C=C.CC.CC.CC.CC(C)C. The third kappa shape index (κ3) is 63.4. The summed E-state index contributed by atoms with van der Waals surface area (Å²) in [6.45, 7) is 48.0. The van der Waals surface area contributed by atoms with Crippen molar-refractivity contribution in [1.82, 2.24) is 0 Å². The Hall–Kier alpha value is -2.34. The molecule has 0 N–H and O–H groups in total. The van der Waals surface area contributed by atoms with Gasteiger partial charge in [-0.25, -0.2) is 0 Å². The maximum absolute atomic E-state index is 4.01. The molecular formula is C36H68. The first-order valence-electron chi connectivity index (χ1n) is 13.9. The maximum Gasteiger partial charge on any atom is -0.00977 e. The summed E-state index contributed by atoms with van der Waals surface area (Å²) in [5.74, 6) is 1.43. The molecule has 0 nitrogen and oxygen atoms in total. The smallest absolute Gasteiger partial charge is 0.00977 e. The fourth-order valence-corrected chi connectivity index (χ4v) is 1.93. The lowest BCUT2D eigenvalue weighted by Crippen LogP contribution is -1.86. The van der Waals surface area contributed by atoms with Gasteiger partial charge in [0.2, 0.25) is 0 Å². The second kappa shape index (κ2) is 53.8. The first-order valence-corrected chi connectivity index (χ1v) is 13.9. The lowest BCUT2D eigenvalue weighted by Gasteiger charge is -2.02. The quantitative estimate of drug-likeness (QED) is 0.206. The molecule has 0 aliphatic heterocycles. The van der Waals surface area contributed by atoms with Gasteiger partial charge >= 0.3 is 0 Å². The van der Waals surface area contributed by atoms with Crippen molar-refractivity contribution in [3.05, 3.63) is 111 Å². The molecule has 0 rings (SSSR count). The van der Waals surface area contributed by atoms with Gasteiger partial charge in [-0.2, -0.15) is 0 Å².